The zero-order chi connectivity index (χ0) is 26.1. The minimum absolute atomic E-state index is 0. The van der Waals surface area contributed by atoms with Crippen LogP contribution in [0.2, 0.25) is 0 Å². The highest BCUT2D eigenvalue weighted by atomic mass is 35.5. The zero-order valence-electron chi connectivity index (χ0n) is 24.3. The summed E-state index contributed by atoms with van der Waals surface area (Å²) in [6.07, 6.45) is 13.1. The van der Waals surface area contributed by atoms with E-state index in [1.165, 1.54) is 91.2 Å². The number of nitrogens with zero attached hydrogens (tertiary/aromatic N) is 1. The molecule has 3 nitrogen and oxygen atoms in total. The molecular weight excluding hydrogens is 478 g/mol. The van der Waals surface area contributed by atoms with Crippen molar-refractivity contribution in [3.8, 4) is 17.2 Å². The molecular formula is C33H48ClNO2. The van der Waals surface area contributed by atoms with Gasteiger partial charge in [0.1, 0.15) is 0 Å². The molecule has 0 bridgehead atoms. The molecule has 3 rings (SSSR count). The van der Waals surface area contributed by atoms with Gasteiger partial charge in [-0.2, -0.15) is 4.57 Å². The fourth-order valence-corrected chi connectivity index (χ4v) is 5.21. The van der Waals surface area contributed by atoms with Crippen LogP contribution >= 0.6 is 0 Å². The normalized spacial score (nSPS) is 11.4. The molecule has 0 aliphatic heterocycles. The fourth-order valence-electron chi connectivity index (χ4n) is 5.21. The number of aromatic nitrogens is 1. The molecule has 204 valence electrons. The molecule has 0 N–H and O–H groups in total. The molecule has 2 aromatic carbocycles. The average molecular weight is 526 g/mol. The molecule has 4 heteroatoms. The van der Waals surface area contributed by atoms with E-state index in [2.05, 4.69) is 81.7 Å². The second-order valence-electron chi connectivity index (χ2n) is 11.2. The minimum Gasteiger partial charge on any atom is -1.00 e. The summed E-state index contributed by atoms with van der Waals surface area (Å²) in [6, 6.07) is 15.7. The summed E-state index contributed by atoms with van der Waals surface area (Å²) < 4.78 is 13.8. The number of fused-ring (bicyclic) bond motifs is 1. The molecule has 1 aromatic heterocycles. The Labute approximate surface area is 232 Å². The van der Waals surface area contributed by atoms with Crippen molar-refractivity contribution in [1.82, 2.24) is 0 Å². The summed E-state index contributed by atoms with van der Waals surface area (Å²) >= 11 is 0. The lowest BCUT2D eigenvalue weighted by Gasteiger charge is -2.19. The Balaban J connectivity index is 0.00000481. The monoisotopic (exact) mass is 525 g/mol. The van der Waals surface area contributed by atoms with Crippen molar-refractivity contribution in [2.75, 3.05) is 14.2 Å². The Kier molecular flexibility index (Phi) is 12.2. The van der Waals surface area contributed by atoms with Crippen LogP contribution in [0, 0.1) is 6.92 Å². The lowest BCUT2D eigenvalue weighted by molar-refractivity contribution is -0.609. The lowest BCUT2D eigenvalue weighted by atomic mass is 9.87. The second-order valence-corrected chi connectivity index (χ2v) is 11.2. The molecule has 1 heterocycles. The zero-order valence-corrected chi connectivity index (χ0v) is 25.0. The molecule has 0 radical (unpaired) electrons. The van der Waals surface area contributed by atoms with Crippen molar-refractivity contribution in [3.63, 3.8) is 0 Å². The number of rotatable bonds is 13. The summed E-state index contributed by atoms with van der Waals surface area (Å²) in [5, 5.41) is 2.45. The SMILES string of the molecule is CCCCCCCCCCCc1c2cc(OC)c(OC)cc2cc(C)[n+]1-c1ccc(C(C)(C)C)cc1.[Cl-]. The largest absolute Gasteiger partial charge is 1.00 e. The van der Waals surface area contributed by atoms with Crippen molar-refractivity contribution in [3.05, 3.63) is 59.4 Å². The second kappa shape index (κ2) is 14.6. The Morgan fingerprint density at radius 1 is 0.730 bits per heavy atom. The van der Waals surface area contributed by atoms with E-state index in [-0.39, 0.29) is 17.8 Å². The van der Waals surface area contributed by atoms with E-state index in [9.17, 15) is 0 Å². The summed E-state index contributed by atoms with van der Waals surface area (Å²) in [5.41, 5.74) is 5.33. The van der Waals surface area contributed by atoms with Crippen LogP contribution in [0.5, 0.6) is 11.5 Å². The first kappa shape index (κ1) is 31.0. The van der Waals surface area contributed by atoms with Crippen molar-refractivity contribution in [1.29, 1.82) is 0 Å². The predicted octanol–water partition coefficient (Wildman–Crippen LogP) is 5.82. The Morgan fingerprint density at radius 3 is 1.81 bits per heavy atom. The van der Waals surface area contributed by atoms with E-state index in [1.807, 2.05) is 0 Å². The molecule has 0 unspecified atom stereocenters. The van der Waals surface area contributed by atoms with Crippen LogP contribution in [-0.4, -0.2) is 14.2 Å². The van der Waals surface area contributed by atoms with Gasteiger partial charge in [-0.25, -0.2) is 0 Å². The maximum atomic E-state index is 5.69. The number of halogens is 1. The van der Waals surface area contributed by atoms with E-state index in [0.717, 1.165) is 17.9 Å². The van der Waals surface area contributed by atoms with Gasteiger partial charge >= 0.3 is 0 Å². The van der Waals surface area contributed by atoms with Gasteiger partial charge in [0.25, 0.3) is 0 Å². The van der Waals surface area contributed by atoms with Crippen LogP contribution in [0.15, 0.2) is 42.5 Å². The molecule has 0 fully saturated rings. The number of benzene rings is 2. The topological polar surface area (TPSA) is 22.3 Å². The Hall–Kier alpha value is -2.26. The Bertz CT molecular complexity index is 1120. The first-order chi connectivity index (χ1) is 17.3. The molecule has 0 spiro atoms. The predicted molar refractivity (Wildman–Crippen MR) is 153 cm³/mol. The highest BCUT2D eigenvalue weighted by molar-refractivity contribution is 5.87. The minimum atomic E-state index is 0. The highest BCUT2D eigenvalue weighted by Crippen LogP contribution is 2.34. The van der Waals surface area contributed by atoms with Crippen LogP contribution in [0.3, 0.4) is 0 Å². The maximum Gasteiger partial charge on any atom is 0.211 e. The van der Waals surface area contributed by atoms with Crippen molar-refractivity contribution < 1.29 is 26.4 Å². The molecule has 0 aliphatic rings. The van der Waals surface area contributed by atoms with Crippen LogP contribution in [-0.2, 0) is 11.8 Å². The number of aryl methyl sites for hydroxylation is 2. The first-order valence-corrected chi connectivity index (χ1v) is 14.0. The summed E-state index contributed by atoms with van der Waals surface area (Å²) in [5.74, 6) is 1.57. The smallest absolute Gasteiger partial charge is 0.211 e. The van der Waals surface area contributed by atoms with Crippen molar-refractivity contribution in [2.24, 2.45) is 0 Å². The van der Waals surface area contributed by atoms with Gasteiger partial charge < -0.3 is 21.9 Å². The number of unbranched alkanes of at least 4 members (excludes halogenated alkanes) is 8. The third kappa shape index (κ3) is 8.11. The quantitative estimate of drug-likeness (QED) is 0.207. The number of pyridine rings is 1. The molecule has 37 heavy (non-hydrogen) atoms. The third-order valence-corrected chi connectivity index (χ3v) is 7.36. The maximum absolute atomic E-state index is 5.69. The fraction of sp³-hybridized carbons (Fsp3) is 0.545. The summed E-state index contributed by atoms with van der Waals surface area (Å²) in [4.78, 5) is 0. The van der Waals surface area contributed by atoms with Crippen LogP contribution in [0.4, 0.5) is 0 Å². The van der Waals surface area contributed by atoms with Crippen LogP contribution in [0.25, 0.3) is 16.5 Å². The van der Waals surface area contributed by atoms with E-state index in [4.69, 9.17) is 9.47 Å². The van der Waals surface area contributed by atoms with Gasteiger partial charge in [-0.3, -0.25) is 0 Å². The van der Waals surface area contributed by atoms with Crippen LogP contribution < -0.4 is 26.4 Å². The van der Waals surface area contributed by atoms with Crippen molar-refractivity contribution in [2.45, 2.75) is 104 Å². The molecule has 3 aromatic rings. The number of hydrogen-bond donors (Lipinski definition) is 0. The first-order valence-electron chi connectivity index (χ1n) is 14.0. The molecule has 0 saturated heterocycles. The molecule has 0 saturated carbocycles. The van der Waals surface area contributed by atoms with Gasteiger partial charge in [0, 0.05) is 31.5 Å². The van der Waals surface area contributed by atoms with E-state index in [1.54, 1.807) is 14.2 Å². The van der Waals surface area contributed by atoms with E-state index >= 15 is 0 Å². The number of methoxy groups -OCH3 is 2. The third-order valence-electron chi connectivity index (χ3n) is 7.36. The van der Waals surface area contributed by atoms with Gasteiger partial charge in [-0.05, 0) is 34.9 Å². The van der Waals surface area contributed by atoms with E-state index in [0.29, 0.717) is 0 Å². The van der Waals surface area contributed by atoms with Gasteiger partial charge in [0.2, 0.25) is 5.69 Å². The van der Waals surface area contributed by atoms with Gasteiger partial charge in [0.15, 0.2) is 22.9 Å². The molecule has 0 aliphatic carbocycles. The number of ether oxygens (including phenoxy) is 2. The molecule has 0 atom stereocenters. The standard InChI is InChI=1S/C33H48NO2.ClH/c1-8-9-10-11-12-13-14-15-16-17-30-29-24-32(36-7)31(35-6)23-26(29)22-25(2)34(30)28-20-18-27(19-21-28)33(3,4)5;/h18-24H,8-17H2,1-7H3;1H/q+1;/p-1. The summed E-state index contributed by atoms with van der Waals surface area (Å²) in [7, 11) is 3.43. The number of hydrogen-bond acceptors (Lipinski definition) is 2. The van der Waals surface area contributed by atoms with Gasteiger partial charge in [-0.15, -0.1) is 0 Å². The Morgan fingerprint density at radius 2 is 1.27 bits per heavy atom. The highest BCUT2D eigenvalue weighted by Gasteiger charge is 2.24. The molecule has 0 amide bonds. The van der Waals surface area contributed by atoms with Gasteiger partial charge in [0.05, 0.1) is 19.6 Å². The lowest BCUT2D eigenvalue weighted by Crippen LogP contribution is -3.00. The van der Waals surface area contributed by atoms with Crippen molar-refractivity contribution >= 4 is 10.8 Å². The average Bonchev–Trinajstić information content (AvgIpc) is 2.86. The summed E-state index contributed by atoms with van der Waals surface area (Å²) in [6.45, 7) is 11.3. The van der Waals surface area contributed by atoms with E-state index < -0.39 is 0 Å². The van der Waals surface area contributed by atoms with Gasteiger partial charge in [-0.1, -0.05) is 91.2 Å². The van der Waals surface area contributed by atoms with Crippen LogP contribution in [0.1, 0.15) is 102 Å².